The molecule has 0 radical (unpaired) electrons. The zero-order chi connectivity index (χ0) is 15.1. The van der Waals surface area contributed by atoms with Crippen molar-refractivity contribution >= 4 is 55.6 Å². The van der Waals surface area contributed by atoms with Crippen molar-refractivity contribution < 1.29 is 19.5 Å². The molecule has 1 heterocycles. The predicted molar refractivity (Wildman–Crippen MR) is 73.5 cm³/mol. The van der Waals surface area contributed by atoms with Crippen molar-refractivity contribution in [2.75, 3.05) is 0 Å². The van der Waals surface area contributed by atoms with Crippen LogP contribution in [0.25, 0.3) is 0 Å². The number of hydrazine groups is 1. The molecule has 0 aliphatic heterocycles. The summed E-state index contributed by atoms with van der Waals surface area (Å²) in [5.74, 6) is 2.51. The molecule has 1 aromatic rings. The number of carboxylic acids is 1. The Balaban J connectivity index is -0.000000217. The number of urea groups is 1. The van der Waals surface area contributed by atoms with Gasteiger partial charge in [-0.05, 0) is 6.07 Å². The van der Waals surface area contributed by atoms with E-state index in [0.717, 1.165) is 6.08 Å². The third kappa shape index (κ3) is 29.9. The van der Waals surface area contributed by atoms with E-state index in [-0.39, 0.29) is 37.7 Å². The standard InChI is InChI=1S/C4H4N2.C4H5NO3.CH5N3O.Ca.2H/c1-2-5-4-6-3-1;5-3(6)1-2-4(7)8;2-1(5)4-3;;;/h1-4H;1-2H,(H2,5,6)(H,7,8);3H2,(H3,2,4,5);;;/b;2-1-;;;;. The van der Waals surface area contributed by atoms with Crippen LogP contribution in [0.3, 0.4) is 0 Å². The minimum atomic E-state index is -1.18. The average molecular weight is 312 g/mol. The molecule has 10 nitrogen and oxygen atoms in total. The first-order valence-corrected chi connectivity index (χ1v) is 4.56. The van der Waals surface area contributed by atoms with Gasteiger partial charge < -0.3 is 16.6 Å². The molecule has 0 bridgehead atoms. The van der Waals surface area contributed by atoms with Crippen molar-refractivity contribution in [3.05, 3.63) is 36.9 Å². The summed E-state index contributed by atoms with van der Waals surface area (Å²) in [5, 5.41) is 7.87. The summed E-state index contributed by atoms with van der Waals surface area (Å²) >= 11 is 0. The molecular formula is C9H16CaN6O4. The van der Waals surface area contributed by atoms with Gasteiger partial charge in [-0.3, -0.25) is 10.2 Å². The molecule has 0 fully saturated rings. The summed E-state index contributed by atoms with van der Waals surface area (Å²) in [6, 6.07) is 1.06. The van der Waals surface area contributed by atoms with Gasteiger partial charge in [-0.2, -0.15) is 0 Å². The number of nitrogens with zero attached hydrogens (tertiary/aromatic N) is 2. The van der Waals surface area contributed by atoms with Crippen LogP contribution in [-0.4, -0.2) is 70.7 Å². The van der Waals surface area contributed by atoms with Crippen molar-refractivity contribution in [2.45, 2.75) is 0 Å². The van der Waals surface area contributed by atoms with Crippen molar-refractivity contribution in [3.63, 3.8) is 0 Å². The van der Waals surface area contributed by atoms with Gasteiger partial charge in [-0.15, -0.1) is 0 Å². The monoisotopic (exact) mass is 312 g/mol. The van der Waals surface area contributed by atoms with Crippen LogP contribution < -0.4 is 22.7 Å². The second-order valence-electron chi connectivity index (χ2n) is 2.49. The maximum atomic E-state index is 9.78. The molecular weight excluding hydrogens is 296 g/mol. The first-order valence-electron chi connectivity index (χ1n) is 4.56. The molecule has 0 saturated heterocycles. The zero-order valence-electron chi connectivity index (χ0n) is 9.76. The molecule has 20 heavy (non-hydrogen) atoms. The number of nitrogens with two attached hydrogens (primary N) is 3. The van der Waals surface area contributed by atoms with Crippen LogP contribution >= 0.6 is 0 Å². The van der Waals surface area contributed by atoms with Crippen LogP contribution in [0.5, 0.6) is 0 Å². The second-order valence-corrected chi connectivity index (χ2v) is 2.49. The number of nitrogens with one attached hydrogen (secondary N) is 1. The van der Waals surface area contributed by atoms with E-state index < -0.39 is 17.9 Å². The SMILES string of the molecule is NC(=O)/C=C\C(=O)O.NNC(N)=O.[CaH2].c1cncnc1. The number of primary amides is 2. The third-order valence-corrected chi connectivity index (χ3v) is 1.01. The smallest absolute Gasteiger partial charge is 0.115 e. The summed E-state index contributed by atoms with van der Waals surface area (Å²) in [6.07, 6.45) is 6.34. The van der Waals surface area contributed by atoms with Crippen LogP contribution in [0.4, 0.5) is 4.79 Å². The molecule has 1 rings (SSSR count). The van der Waals surface area contributed by atoms with Crippen LogP contribution in [0.1, 0.15) is 0 Å². The average Bonchev–Trinajstić information content (AvgIpc) is 2.40. The van der Waals surface area contributed by atoms with Crippen LogP contribution in [0.2, 0.25) is 0 Å². The first kappa shape index (κ1) is 23.4. The molecule has 0 unspecified atom stereocenters. The Morgan fingerprint density at radius 1 is 1.10 bits per heavy atom. The van der Waals surface area contributed by atoms with Crippen LogP contribution in [-0.2, 0) is 9.59 Å². The number of carbonyl (C=O) groups is 3. The molecule has 0 spiro atoms. The fraction of sp³-hybridized carbons (Fsp3) is 0. The van der Waals surface area contributed by atoms with Crippen LogP contribution in [0, 0.1) is 0 Å². The maximum Gasteiger partial charge on any atom is 0.115 e. The number of hydrogen-bond donors (Lipinski definition) is 5. The van der Waals surface area contributed by atoms with Crippen molar-refractivity contribution in [3.8, 4) is 0 Å². The van der Waals surface area contributed by atoms with Crippen LogP contribution in [0.15, 0.2) is 36.9 Å². The summed E-state index contributed by atoms with van der Waals surface area (Å²) in [6.45, 7) is 0. The molecule has 1 aromatic heterocycles. The van der Waals surface area contributed by atoms with Crippen molar-refractivity contribution in [1.82, 2.24) is 15.4 Å². The summed E-state index contributed by atoms with van der Waals surface area (Å²) < 4.78 is 0. The van der Waals surface area contributed by atoms with E-state index in [0.29, 0.717) is 6.08 Å². The quantitative estimate of drug-likeness (QED) is 0.128. The maximum absolute atomic E-state index is 9.78. The van der Waals surface area contributed by atoms with E-state index in [1.165, 1.54) is 6.33 Å². The number of carbonyl (C=O) groups excluding carboxylic acids is 2. The van der Waals surface area contributed by atoms with E-state index >= 15 is 0 Å². The Morgan fingerprint density at radius 2 is 1.55 bits per heavy atom. The van der Waals surface area contributed by atoms with Gasteiger partial charge in [0.1, 0.15) is 6.33 Å². The minimum Gasteiger partial charge on any atom is -0.245 e. The largest absolute Gasteiger partial charge is 0.245 e. The van der Waals surface area contributed by atoms with E-state index in [1.807, 2.05) is 0 Å². The molecule has 0 atom stereocenters. The molecule has 0 aliphatic carbocycles. The topological polar surface area (TPSA) is 187 Å². The van der Waals surface area contributed by atoms with Gasteiger partial charge in [0.2, 0.25) is 5.91 Å². The van der Waals surface area contributed by atoms with Gasteiger partial charge in [-0.1, -0.05) is 0 Å². The molecule has 3 amide bonds. The molecule has 0 aliphatic rings. The van der Waals surface area contributed by atoms with Gasteiger partial charge >= 0.3 is 49.7 Å². The number of rotatable bonds is 2. The number of carboxylic acid groups (broad SMARTS) is 1. The Labute approximate surface area is 144 Å². The van der Waals surface area contributed by atoms with E-state index in [1.54, 1.807) is 23.9 Å². The number of aliphatic carboxylic acids is 1. The summed E-state index contributed by atoms with van der Waals surface area (Å²) in [4.78, 5) is 36.1. The van der Waals surface area contributed by atoms with Gasteiger partial charge in [0.05, 0.1) is 0 Å². The predicted octanol–water partition coefficient (Wildman–Crippen LogP) is -2.80. The van der Waals surface area contributed by atoms with Crippen molar-refractivity contribution in [2.24, 2.45) is 17.3 Å². The Hall–Kier alpha value is -1.75. The Kier molecular flexibility index (Phi) is 20.1. The van der Waals surface area contributed by atoms with Gasteiger partial charge in [0, 0.05) is 24.5 Å². The zero-order valence-corrected chi connectivity index (χ0v) is 9.76. The van der Waals surface area contributed by atoms with E-state index in [9.17, 15) is 14.4 Å². The molecule has 0 saturated carbocycles. The van der Waals surface area contributed by atoms with E-state index in [4.69, 9.17) is 5.11 Å². The van der Waals surface area contributed by atoms with Gasteiger partial charge in [0.25, 0.3) is 0 Å². The number of amides is 3. The van der Waals surface area contributed by atoms with Gasteiger partial charge in [0.15, 0.2) is 0 Å². The Bertz CT molecular complexity index is 371. The second kappa shape index (κ2) is 17.2. The van der Waals surface area contributed by atoms with E-state index in [2.05, 4.69) is 27.3 Å². The molecule has 8 N–H and O–H groups in total. The first-order chi connectivity index (χ1) is 8.90. The Morgan fingerprint density at radius 3 is 1.65 bits per heavy atom. The fourth-order valence-corrected chi connectivity index (χ4v) is 0.407. The molecule has 11 heteroatoms. The summed E-state index contributed by atoms with van der Waals surface area (Å²) in [7, 11) is 0. The molecule has 108 valence electrons. The summed E-state index contributed by atoms with van der Waals surface area (Å²) in [5.41, 5.74) is 10.6. The fourth-order valence-electron chi connectivity index (χ4n) is 0.407. The minimum absolute atomic E-state index is 0. The molecule has 0 aromatic carbocycles. The normalized spacial score (nSPS) is 7.85. The van der Waals surface area contributed by atoms with Crippen molar-refractivity contribution in [1.29, 1.82) is 0 Å². The number of aromatic nitrogens is 2. The van der Waals surface area contributed by atoms with Gasteiger partial charge in [-0.25, -0.2) is 25.4 Å². The third-order valence-electron chi connectivity index (χ3n) is 1.01. The number of hydrogen-bond acceptors (Lipinski definition) is 6.